The van der Waals surface area contributed by atoms with Gasteiger partial charge in [0.2, 0.25) is 0 Å². The molecular weight excluding hydrogens is 409 g/mol. The Morgan fingerprint density at radius 1 is 0.903 bits per heavy atom. The standard InChI is InChI=1S/C24H33F3O4/c1-2-3-12-29-18-8-4-16(5-9-18)15-30-19-10-6-17(7-11-19)24(28)31-20-13-21(25)23(27)22(26)14-20/h13-14,16-19H,2-12,15H2,1H3/t16-,17-,18-,19-. The molecule has 2 aliphatic carbocycles. The van der Waals surface area contributed by atoms with E-state index in [2.05, 4.69) is 6.92 Å². The molecule has 0 unspecified atom stereocenters. The third-order valence-electron chi connectivity index (χ3n) is 6.40. The van der Waals surface area contributed by atoms with Crippen LogP contribution in [0.15, 0.2) is 12.1 Å². The van der Waals surface area contributed by atoms with Gasteiger partial charge >= 0.3 is 5.97 Å². The summed E-state index contributed by atoms with van der Waals surface area (Å²) in [7, 11) is 0. The number of carbonyl (C=O) groups excluding carboxylic acids is 1. The number of esters is 1. The smallest absolute Gasteiger partial charge is 0.314 e. The van der Waals surface area contributed by atoms with Crippen LogP contribution in [-0.4, -0.2) is 31.4 Å². The molecular formula is C24H33F3O4. The van der Waals surface area contributed by atoms with Crippen LogP contribution >= 0.6 is 0 Å². The number of hydrogen-bond donors (Lipinski definition) is 0. The van der Waals surface area contributed by atoms with Gasteiger partial charge in [0.1, 0.15) is 5.75 Å². The van der Waals surface area contributed by atoms with E-state index in [0.717, 1.165) is 64.6 Å². The monoisotopic (exact) mass is 442 g/mol. The second-order valence-corrected chi connectivity index (χ2v) is 8.80. The van der Waals surface area contributed by atoms with Crippen LogP contribution in [-0.2, 0) is 14.3 Å². The number of halogens is 3. The third-order valence-corrected chi connectivity index (χ3v) is 6.40. The van der Waals surface area contributed by atoms with Gasteiger partial charge in [-0.25, -0.2) is 13.2 Å². The van der Waals surface area contributed by atoms with Crippen molar-refractivity contribution in [1.29, 1.82) is 0 Å². The highest BCUT2D eigenvalue weighted by atomic mass is 19.2. The van der Waals surface area contributed by atoms with E-state index in [-0.39, 0.29) is 17.8 Å². The molecule has 0 saturated heterocycles. The van der Waals surface area contributed by atoms with E-state index in [1.807, 2.05) is 0 Å². The number of rotatable bonds is 9. The molecule has 0 N–H and O–H groups in total. The van der Waals surface area contributed by atoms with Crippen LogP contribution in [0.1, 0.15) is 71.1 Å². The maximum atomic E-state index is 13.3. The molecule has 0 amide bonds. The molecule has 1 aromatic carbocycles. The Labute approximate surface area is 182 Å². The van der Waals surface area contributed by atoms with Crippen LogP contribution in [0.5, 0.6) is 5.75 Å². The minimum Gasteiger partial charge on any atom is -0.426 e. The Kier molecular flexibility index (Phi) is 9.20. The summed E-state index contributed by atoms with van der Waals surface area (Å²) in [5.41, 5.74) is 0. The van der Waals surface area contributed by atoms with Crippen LogP contribution < -0.4 is 4.74 Å². The minimum atomic E-state index is -1.57. The first-order chi connectivity index (χ1) is 15.0. The van der Waals surface area contributed by atoms with Crippen molar-refractivity contribution in [2.75, 3.05) is 13.2 Å². The number of benzene rings is 1. The van der Waals surface area contributed by atoms with E-state index in [9.17, 15) is 18.0 Å². The molecule has 7 heteroatoms. The lowest BCUT2D eigenvalue weighted by Gasteiger charge is -2.31. The van der Waals surface area contributed by atoms with Crippen molar-refractivity contribution in [2.24, 2.45) is 11.8 Å². The molecule has 0 spiro atoms. The van der Waals surface area contributed by atoms with Crippen molar-refractivity contribution in [3.63, 3.8) is 0 Å². The van der Waals surface area contributed by atoms with E-state index in [4.69, 9.17) is 14.2 Å². The van der Waals surface area contributed by atoms with Gasteiger partial charge in [-0.2, -0.15) is 0 Å². The lowest BCUT2D eigenvalue weighted by atomic mass is 9.86. The van der Waals surface area contributed by atoms with Gasteiger partial charge in [0.05, 0.1) is 18.1 Å². The van der Waals surface area contributed by atoms with Crippen LogP contribution in [0.25, 0.3) is 0 Å². The molecule has 0 radical (unpaired) electrons. The molecule has 2 aliphatic rings. The van der Waals surface area contributed by atoms with Gasteiger partial charge in [0, 0.05) is 25.3 Å². The lowest BCUT2D eigenvalue weighted by Crippen LogP contribution is -2.31. The highest BCUT2D eigenvalue weighted by Crippen LogP contribution is 2.31. The molecule has 0 aliphatic heterocycles. The van der Waals surface area contributed by atoms with Gasteiger partial charge in [0.25, 0.3) is 0 Å². The zero-order valence-electron chi connectivity index (χ0n) is 18.2. The van der Waals surface area contributed by atoms with Gasteiger partial charge in [-0.1, -0.05) is 13.3 Å². The van der Waals surface area contributed by atoms with Crippen molar-refractivity contribution in [1.82, 2.24) is 0 Å². The van der Waals surface area contributed by atoms with Gasteiger partial charge in [0.15, 0.2) is 17.5 Å². The van der Waals surface area contributed by atoms with Crippen molar-refractivity contribution in [2.45, 2.75) is 83.3 Å². The summed E-state index contributed by atoms with van der Waals surface area (Å²) in [6.07, 6.45) is 9.97. The fourth-order valence-corrected chi connectivity index (χ4v) is 4.39. The molecule has 1 aromatic rings. The van der Waals surface area contributed by atoms with Crippen molar-refractivity contribution >= 4 is 5.97 Å². The summed E-state index contributed by atoms with van der Waals surface area (Å²) in [5.74, 6) is -4.94. The Hall–Kier alpha value is -1.60. The summed E-state index contributed by atoms with van der Waals surface area (Å²) in [5, 5.41) is 0. The SMILES string of the molecule is CCCCO[C@H]1CC[C@H](CO[C@H]2CC[C@H](C(=O)Oc3cc(F)c(F)c(F)c3)CC2)CC1. The molecule has 0 bridgehead atoms. The second kappa shape index (κ2) is 11.9. The van der Waals surface area contributed by atoms with E-state index in [0.29, 0.717) is 37.0 Å². The fraction of sp³-hybridized carbons (Fsp3) is 0.708. The highest BCUT2D eigenvalue weighted by molar-refractivity contribution is 5.75. The Morgan fingerprint density at radius 2 is 1.48 bits per heavy atom. The number of unbranched alkanes of at least 4 members (excludes halogenated alkanes) is 1. The molecule has 174 valence electrons. The van der Waals surface area contributed by atoms with Crippen molar-refractivity contribution in [3.05, 3.63) is 29.6 Å². The average Bonchev–Trinajstić information content (AvgIpc) is 2.77. The van der Waals surface area contributed by atoms with Crippen LogP contribution in [0.4, 0.5) is 13.2 Å². The van der Waals surface area contributed by atoms with E-state index in [1.165, 1.54) is 0 Å². The molecule has 2 saturated carbocycles. The van der Waals surface area contributed by atoms with Crippen molar-refractivity contribution in [3.8, 4) is 5.75 Å². The van der Waals surface area contributed by atoms with Gasteiger partial charge < -0.3 is 14.2 Å². The predicted molar refractivity (Wildman–Crippen MR) is 110 cm³/mol. The second-order valence-electron chi connectivity index (χ2n) is 8.80. The molecule has 0 atom stereocenters. The summed E-state index contributed by atoms with van der Waals surface area (Å²) in [4.78, 5) is 12.3. The first-order valence-electron chi connectivity index (χ1n) is 11.6. The van der Waals surface area contributed by atoms with Crippen LogP contribution in [0.3, 0.4) is 0 Å². The number of ether oxygens (including phenoxy) is 3. The maximum absolute atomic E-state index is 13.3. The quantitative estimate of drug-likeness (QED) is 0.205. The largest absolute Gasteiger partial charge is 0.426 e. The zero-order chi connectivity index (χ0) is 22.2. The topological polar surface area (TPSA) is 44.8 Å². The minimum absolute atomic E-state index is 0.128. The van der Waals surface area contributed by atoms with Crippen LogP contribution in [0.2, 0.25) is 0 Å². The molecule has 4 nitrogen and oxygen atoms in total. The number of carbonyl (C=O) groups is 1. The average molecular weight is 443 g/mol. The van der Waals surface area contributed by atoms with Crippen molar-refractivity contribution < 1.29 is 32.2 Å². The predicted octanol–water partition coefficient (Wildman–Crippen LogP) is 5.96. The maximum Gasteiger partial charge on any atom is 0.314 e. The zero-order valence-corrected chi connectivity index (χ0v) is 18.2. The highest BCUT2D eigenvalue weighted by Gasteiger charge is 2.30. The summed E-state index contributed by atoms with van der Waals surface area (Å²) < 4.78 is 56.7. The summed E-state index contributed by atoms with van der Waals surface area (Å²) in [6, 6.07) is 1.38. The van der Waals surface area contributed by atoms with E-state index >= 15 is 0 Å². The van der Waals surface area contributed by atoms with Gasteiger partial charge in [-0.3, -0.25) is 4.79 Å². The Bertz CT molecular complexity index is 688. The Morgan fingerprint density at radius 3 is 2.10 bits per heavy atom. The Balaban J connectivity index is 1.33. The van der Waals surface area contributed by atoms with E-state index < -0.39 is 23.4 Å². The lowest BCUT2D eigenvalue weighted by molar-refractivity contribution is -0.141. The number of hydrogen-bond acceptors (Lipinski definition) is 4. The molecule has 3 rings (SSSR count). The molecule has 0 heterocycles. The first kappa shape index (κ1) is 24.1. The van der Waals surface area contributed by atoms with Gasteiger partial charge in [-0.05, 0) is 63.7 Å². The molecule has 0 aromatic heterocycles. The molecule has 2 fully saturated rings. The van der Waals surface area contributed by atoms with Gasteiger partial charge in [-0.15, -0.1) is 0 Å². The first-order valence-corrected chi connectivity index (χ1v) is 11.6. The van der Waals surface area contributed by atoms with E-state index in [1.54, 1.807) is 0 Å². The third kappa shape index (κ3) is 7.21. The van der Waals surface area contributed by atoms with Crippen LogP contribution in [0, 0.1) is 29.3 Å². The summed E-state index contributed by atoms with van der Waals surface area (Å²) in [6.45, 7) is 3.77. The normalized spacial score (nSPS) is 26.6. The fourth-order valence-electron chi connectivity index (χ4n) is 4.39. The molecule has 31 heavy (non-hydrogen) atoms. The summed E-state index contributed by atoms with van der Waals surface area (Å²) >= 11 is 0.